The van der Waals surface area contributed by atoms with E-state index in [1.165, 1.54) is 12.8 Å². The lowest BCUT2D eigenvalue weighted by atomic mass is 10.2. The largest absolute Gasteiger partial charge is 0.349 e. The number of amides is 1. The predicted molar refractivity (Wildman–Crippen MR) is 68.9 cm³/mol. The van der Waals surface area contributed by atoms with Gasteiger partial charge in [0, 0.05) is 9.61 Å². The van der Waals surface area contributed by atoms with Crippen LogP contribution >= 0.6 is 22.6 Å². The Morgan fingerprint density at radius 3 is 2.60 bits per heavy atom. The molecule has 1 amide bonds. The van der Waals surface area contributed by atoms with Crippen molar-refractivity contribution in [2.75, 3.05) is 0 Å². The molecule has 0 spiro atoms. The van der Waals surface area contributed by atoms with Gasteiger partial charge in [0.05, 0.1) is 5.56 Å². The number of rotatable bonds is 2. The molecule has 15 heavy (non-hydrogen) atoms. The Balaban J connectivity index is 2.04. The van der Waals surface area contributed by atoms with Gasteiger partial charge in [0.1, 0.15) is 0 Å². The van der Waals surface area contributed by atoms with Crippen LogP contribution in [0.25, 0.3) is 0 Å². The number of nitrogens with one attached hydrogen (secondary N) is 1. The Morgan fingerprint density at radius 1 is 1.27 bits per heavy atom. The molecule has 0 atom stereocenters. The standard InChI is InChI=1S/C12H14INO/c13-11-8-4-3-7-10(11)12(15)14-9-5-1-2-6-9/h3-4,7-9H,1-2,5-6H2,(H,14,15). The average molecular weight is 315 g/mol. The molecular formula is C12H14INO. The second-order valence-corrected chi connectivity index (χ2v) is 5.10. The fourth-order valence-corrected chi connectivity index (χ4v) is 2.61. The van der Waals surface area contributed by atoms with Crippen molar-refractivity contribution in [3.63, 3.8) is 0 Å². The first-order valence-electron chi connectivity index (χ1n) is 5.33. The number of carbonyl (C=O) groups is 1. The van der Waals surface area contributed by atoms with Gasteiger partial charge >= 0.3 is 0 Å². The summed E-state index contributed by atoms with van der Waals surface area (Å²) in [6.45, 7) is 0. The van der Waals surface area contributed by atoms with Crippen LogP contribution < -0.4 is 5.32 Å². The van der Waals surface area contributed by atoms with Crippen LogP contribution in [0.5, 0.6) is 0 Å². The van der Waals surface area contributed by atoms with Crippen molar-refractivity contribution < 1.29 is 4.79 Å². The van der Waals surface area contributed by atoms with Crippen LogP contribution in [0.2, 0.25) is 0 Å². The topological polar surface area (TPSA) is 29.1 Å². The molecule has 0 aliphatic heterocycles. The first kappa shape index (κ1) is 10.9. The van der Waals surface area contributed by atoms with E-state index in [-0.39, 0.29) is 5.91 Å². The molecule has 0 radical (unpaired) electrons. The van der Waals surface area contributed by atoms with Gasteiger partial charge in [0.25, 0.3) is 5.91 Å². The summed E-state index contributed by atoms with van der Waals surface area (Å²) in [5.41, 5.74) is 0.796. The van der Waals surface area contributed by atoms with Crippen molar-refractivity contribution in [2.45, 2.75) is 31.7 Å². The second-order valence-electron chi connectivity index (χ2n) is 3.93. The van der Waals surface area contributed by atoms with E-state index in [2.05, 4.69) is 27.9 Å². The highest BCUT2D eigenvalue weighted by Crippen LogP contribution is 2.19. The maximum absolute atomic E-state index is 11.9. The van der Waals surface area contributed by atoms with Crippen LogP contribution in [-0.2, 0) is 0 Å². The SMILES string of the molecule is O=C(NC1CCCC1)c1ccccc1I. The molecule has 0 saturated heterocycles. The quantitative estimate of drug-likeness (QED) is 0.835. The summed E-state index contributed by atoms with van der Waals surface area (Å²) in [6, 6.07) is 8.10. The molecule has 0 unspecified atom stereocenters. The molecule has 1 N–H and O–H groups in total. The van der Waals surface area contributed by atoms with Gasteiger partial charge in [-0.1, -0.05) is 25.0 Å². The number of benzene rings is 1. The third kappa shape index (κ3) is 2.71. The Kier molecular flexibility index (Phi) is 3.61. The third-order valence-electron chi connectivity index (χ3n) is 2.81. The highest BCUT2D eigenvalue weighted by Gasteiger charge is 2.18. The molecule has 1 aliphatic rings. The molecule has 0 aromatic heterocycles. The van der Waals surface area contributed by atoms with Crippen LogP contribution in [0.3, 0.4) is 0 Å². The lowest BCUT2D eigenvalue weighted by molar-refractivity contribution is 0.0937. The zero-order valence-electron chi connectivity index (χ0n) is 8.50. The fourth-order valence-electron chi connectivity index (χ4n) is 1.98. The highest BCUT2D eigenvalue weighted by atomic mass is 127. The summed E-state index contributed by atoms with van der Waals surface area (Å²) in [7, 11) is 0. The molecule has 1 aliphatic carbocycles. The van der Waals surface area contributed by atoms with E-state index < -0.39 is 0 Å². The average Bonchev–Trinajstić information content (AvgIpc) is 2.71. The van der Waals surface area contributed by atoms with Gasteiger partial charge in [-0.3, -0.25) is 4.79 Å². The zero-order chi connectivity index (χ0) is 10.7. The highest BCUT2D eigenvalue weighted by molar-refractivity contribution is 14.1. The maximum Gasteiger partial charge on any atom is 0.252 e. The number of hydrogen-bond acceptors (Lipinski definition) is 1. The normalized spacial score (nSPS) is 16.6. The zero-order valence-corrected chi connectivity index (χ0v) is 10.7. The van der Waals surface area contributed by atoms with Gasteiger partial charge in [-0.2, -0.15) is 0 Å². The van der Waals surface area contributed by atoms with Crippen LogP contribution in [0.15, 0.2) is 24.3 Å². The van der Waals surface area contributed by atoms with E-state index in [1.54, 1.807) is 0 Å². The Labute approximate surface area is 104 Å². The number of halogens is 1. The maximum atomic E-state index is 11.9. The first-order chi connectivity index (χ1) is 7.27. The van der Waals surface area contributed by atoms with Crippen molar-refractivity contribution in [2.24, 2.45) is 0 Å². The summed E-state index contributed by atoms with van der Waals surface area (Å²) in [5, 5.41) is 3.09. The van der Waals surface area contributed by atoms with Crippen molar-refractivity contribution in [3.8, 4) is 0 Å². The van der Waals surface area contributed by atoms with E-state index in [0.717, 1.165) is 22.0 Å². The minimum absolute atomic E-state index is 0.0758. The van der Waals surface area contributed by atoms with Crippen molar-refractivity contribution in [1.29, 1.82) is 0 Å². The van der Waals surface area contributed by atoms with Crippen LogP contribution in [0.4, 0.5) is 0 Å². The molecule has 2 rings (SSSR count). The molecule has 1 aromatic carbocycles. The number of carbonyl (C=O) groups excluding carboxylic acids is 1. The summed E-state index contributed by atoms with van der Waals surface area (Å²) in [4.78, 5) is 11.9. The molecule has 0 heterocycles. The van der Waals surface area contributed by atoms with E-state index in [4.69, 9.17) is 0 Å². The molecule has 1 fully saturated rings. The van der Waals surface area contributed by atoms with Gasteiger partial charge in [-0.15, -0.1) is 0 Å². The van der Waals surface area contributed by atoms with E-state index in [0.29, 0.717) is 6.04 Å². The summed E-state index contributed by atoms with van der Waals surface area (Å²) >= 11 is 2.20. The molecular weight excluding hydrogens is 301 g/mol. The van der Waals surface area contributed by atoms with E-state index in [9.17, 15) is 4.79 Å². The minimum Gasteiger partial charge on any atom is -0.349 e. The monoisotopic (exact) mass is 315 g/mol. The fraction of sp³-hybridized carbons (Fsp3) is 0.417. The molecule has 80 valence electrons. The molecule has 1 aromatic rings. The lowest BCUT2D eigenvalue weighted by Crippen LogP contribution is -2.32. The molecule has 3 heteroatoms. The van der Waals surface area contributed by atoms with Gasteiger partial charge in [0.15, 0.2) is 0 Å². The lowest BCUT2D eigenvalue weighted by Gasteiger charge is -2.12. The van der Waals surface area contributed by atoms with Gasteiger partial charge in [-0.05, 0) is 47.6 Å². The molecule has 0 bridgehead atoms. The van der Waals surface area contributed by atoms with E-state index in [1.807, 2.05) is 24.3 Å². The van der Waals surface area contributed by atoms with Crippen molar-refractivity contribution >= 4 is 28.5 Å². The van der Waals surface area contributed by atoms with Gasteiger partial charge in [-0.25, -0.2) is 0 Å². The van der Waals surface area contributed by atoms with Crippen molar-refractivity contribution in [1.82, 2.24) is 5.32 Å². The summed E-state index contributed by atoms with van der Waals surface area (Å²) in [6.07, 6.45) is 4.76. The Bertz CT molecular complexity index is 358. The molecule has 2 nitrogen and oxygen atoms in total. The predicted octanol–water partition coefficient (Wildman–Crippen LogP) is 2.96. The first-order valence-corrected chi connectivity index (χ1v) is 6.40. The van der Waals surface area contributed by atoms with E-state index >= 15 is 0 Å². The summed E-state index contributed by atoms with van der Waals surface area (Å²) < 4.78 is 1.02. The summed E-state index contributed by atoms with van der Waals surface area (Å²) in [5.74, 6) is 0.0758. The smallest absolute Gasteiger partial charge is 0.252 e. The van der Waals surface area contributed by atoms with Gasteiger partial charge < -0.3 is 5.32 Å². The third-order valence-corrected chi connectivity index (χ3v) is 3.75. The molecule has 1 saturated carbocycles. The van der Waals surface area contributed by atoms with Crippen LogP contribution in [0, 0.1) is 3.57 Å². The minimum atomic E-state index is 0.0758. The number of hydrogen-bond donors (Lipinski definition) is 1. The van der Waals surface area contributed by atoms with Gasteiger partial charge in [0.2, 0.25) is 0 Å². The Morgan fingerprint density at radius 2 is 1.93 bits per heavy atom. The van der Waals surface area contributed by atoms with Crippen LogP contribution in [-0.4, -0.2) is 11.9 Å². The Hall–Kier alpha value is -0.580. The van der Waals surface area contributed by atoms with Crippen LogP contribution in [0.1, 0.15) is 36.0 Å². The second kappa shape index (κ2) is 4.96. The van der Waals surface area contributed by atoms with Crippen molar-refractivity contribution in [3.05, 3.63) is 33.4 Å².